The molecule has 0 radical (unpaired) electrons. The van der Waals surface area contributed by atoms with E-state index in [4.69, 9.17) is 0 Å². The zero-order chi connectivity index (χ0) is 20.4. The topological polar surface area (TPSA) is 91.9 Å². The largest absolute Gasteiger partial charge is 0.340 e. The number of aryl methyl sites for hydroxylation is 1. The highest BCUT2D eigenvalue weighted by Crippen LogP contribution is 2.34. The molecule has 0 spiro atoms. The molecule has 1 aromatic carbocycles. The molecule has 29 heavy (non-hydrogen) atoms. The summed E-state index contributed by atoms with van der Waals surface area (Å²) < 4.78 is 0. The maximum atomic E-state index is 12.7. The molecule has 0 atom stereocenters. The first kappa shape index (κ1) is 19.3. The van der Waals surface area contributed by atoms with E-state index in [-0.39, 0.29) is 29.9 Å². The number of imidazole rings is 1. The lowest BCUT2D eigenvalue weighted by molar-refractivity contribution is -0.133. The number of H-pyrrole nitrogens is 1. The number of carbonyl (C=O) groups excluding carboxylic acids is 3. The van der Waals surface area contributed by atoms with Crippen LogP contribution in [0.4, 0.5) is 0 Å². The van der Waals surface area contributed by atoms with E-state index >= 15 is 0 Å². The van der Waals surface area contributed by atoms with Crippen LogP contribution in [-0.2, 0) is 16.0 Å². The van der Waals surface area contributed by atoms with Gasteiger partial charge in [0.15, 0.2) is 5.82 Å². The summed E-state index contributed by atoms with van der Waals surface area (Å²) in [5, 5.41) is 2.37. The average molecular weight is 391 g/mol. The number of hydrogen-bond donors (Lipinski definition) is 2. The molecule has 1 aromatic heterocycles. The minimum atomic E-state index is -0.225. The fraction of sp³-hybridized carbons (Fsp3) is 0.391. The van der Waals surface area contributed by atoms with Crippen molar-refractivity contribution in [1.29, 1.82) is 0 Å². The highest BCUT2D eigenvalue weighted by atomic mass is 16.2. The van der Waals surface area contributed by atoms with E-state index in [2.05, 4.69) is 27.4 Å². The minimum Gasteiger partial charge on any atom is -0.340 e. The van der Waals surface area contributed by atoms with Crippen LogP contribution in [0.15, 0.2) is 30.5 Å². The fourth-order valence-electron chi connectivity index (χ4n) is 4.21. The molecule has 1 aliphatic heterocycles. The number of aromatic nitrogens is 2. The summed E-state index contributed by atoms with van der Waals surface area (Å²) in [7, 11) is 0. The highest BCUT2D eigenvalue weighted by Gasteiger charge is 2.27. The Balaban J connectivity index is 1.67. The third kappa shape index (κ3) is 4.36. The van der Waals surface area contributed by atoms with Gasteiger partial charge in [-0.2, -0.15) is 0 Å². The average Bonchev–Trinajstić information content (AvgIpc) is 3.15. The maximum absolute atomic E-state index is 12.7. The second kappa shape index (κ2) is 8.15. The number of amides is 2. The van der Waals surface area contributed by atoms with Crippen LogP contribution in [0.3, 0.4) is 0 Å². The van der Waals surface area contributed by atoms with Gasteiger partial charge in [0.25, 0.3) is 0 Å². The Morgan fingerprint density at radius 1 is 1.17 bits per heavy atom. The van der Waals surface area contributed by atoms with E-state index in [0.717, 1.165) is 41.6 Å². The zero-order valence-electron chi connectivity index (χ0n) is 16.6. The van der Waals surface area contributed by atoms with Crippen molar-refractivity contribution < 1.29 is 14.4 Å². The number of piperidine rings is 1. The summed E-state index contributed by atoms with van der Waals surface area (Å²) in [6, 6.07) is 6.02. The lowest BCUT2D eigenvalue weighted by Gasteiger charge is -2.24. The third-order valence-electron chi connectivity index (χ3n) is 5.70. The van der Waals surface area contributed by atoms with Gasteiger partial charge in [0.2, 0.25) is 17.6 Å². The van der Waals surface area contributed by atoms with Crippen LogP contribution in [0, 0.1) is 6.92 Å². The predicted molar refractivity (Wildman–Crippen MR) is 109 cm³/mol. The van der Waals surface area contributed by atoms with Crippen LogP contribution in [0.2, 0.25) is 0 Å². The molecule has 2 amide bonds. The smallest absolute Gasteiger partial charge is 0.227 e. The third-order valence-corrected chi connectivity index (χ3v) is 5.70. The van der Waals surface area contributed by atoms with Gasteiger partial charge in [-0.05, 0) is 54.9 Å². The molecule has 2 heterocycles. The molecule has 1 aliphatic carbocycles. The van der Waals surface area contributed by atoms with Crippen molar-refractivity contribution in [2.75, 3.05) is 0 Å². The van der Waals surface area contributed by atoms with Crippen LogP contribution >= 0.6 is 0 Å². The molecule has 1 saturated heterocycles. The van der Waals surface area contributed by atoms with Gasteiger partial charge in [-0.15, -0.1) is 0 Å². The summed E-state index contributed by atoms with van der Waals surface area (Å²) >= 11 is 0. The van der Waals surface area contributed by atoms with E-state index in [9.17, 15) is 14.4 Å². The fourth-order valence-corrected chi connectivity index (χ4v) is 4.21. The Morgan fingerprint density at radius 2 is 1.97 bits per heavy atom. The molecule has 150 valence electrons. The normalized spacial score (nSPS) is 17.8. The number of aromatic amines is 1. The van der Waals surface area contributed by atoms with E-state index in [1.54, 1.807) is 6.20 Å². The van der Waals surface area contributed by atoms with Gasteiger partial charge >= 0.3 is 0 Å². The van der Waals surface area contributed by atoms with E-state index in [0.29, 0.717) is 18.7 Å². The monoisotopic (exact) mass is 391 g/mol. The van der Waals surface area contributed by atoms with Crippen LogP contribution in [0.5, 0.6) is 0 Å². The van der Waals surface area contributed by atoms with Crippen molar-refractivity contribution in [3.63, 3.8) is 0 Å². The van der Waals surface area contributed by atoms with Crippen molar-refractivity contribution in [2.45, 2.75) is 57.8 Å². The molecule has 6 heteroatoms. The molecule has 1 fully saturated rings. The second-order valence-corrected chi connectivity index (χ2v) is 7.98. The number of Topliss-reactive ketones (excluding diaryl/α,β-unsaturated/α-hetero) is 1. The molecule has 4 rings (SSSR count). The van der Waals surface area contributed by atoms with Crippen LogP contribution in [0.1, 0.15) is 77.4 Å². The molecule has 2 N–H and O–H groups in total. The van der Waals surface area contributed by atoms with E-state index in [1.165, 1.54) is 12.0 Å². The van der Waals surface area contributed by atoms with Gasteiger partial charge in [0.05, 0.1) is 0 Å². The molecule has 0 bridgehead atoms. The van der Waals surface area contributed by atoms with Crippen molar-refractivity contribution in [1.82, 2.24) is 15.3 Å². The van der Waals surface area contributed by atoms with Gasteiger partial charge in [-0.1, -0.05) is 24.3 Å². The highest BCUT2D eigenvalue weighted by molar-refractivity contribution is 5.98. The molecular weight excluding hydrogens is 366 g/mol. The Bertz CT molecular complexity index is 987. The molecule has 2 aliphatic rings. The van der Waals surface area contributed by atoms with Crippen molar-refractivity contribution in [3.05, 3.63) is 58.7 Å². The Labute approximate surface area is 169 Å². The van der Waals surface area contributed by atoms with Gasteiger partial charge in [0, 0.05) is 37.1 Å². The number of nitrogens with one attached hydrogen (secondary N) is 2. The second-order valence-electron chi connectivity index (χ2n) is 7.98. The summed E-state index contributed by atoms with van der Waals surface area (Å²) in [6.07, 6.45) is 9.14. The number of ketones is 1. The lowest BCUT2D eigenvalue weighted by atomic mass is 9.83. The minimum absolute atomic E-state index is 0.0456. The summed E-state index contributed by atoms with van der Waals surface area (Å²) in [5.41, 5.74) is 5.13. The van der Waals surface area contributed by atoms with Crippen LogP contribution in [0.25, 0.3) is 5.57 Å². The molecule has 0 saturated carbocycles. The van der Waals surface area contributed by atoms with Gasteiger partial charge in [0.1, 0.15) is 0 Å². The molecule has 0 unspecified atom stereocenters. The van der Waals surface area contributed by atoms with Crippen LogP contribution < -0.4 is 5.32 Å². The summed E-state index contributed by atoms with van der Waals surface area (Å²) in [4.78, 5) is 43.5. The number of benzene rings is 1. The van der Waals surface area contributed by atoms with Gasteiger partial charge in [-0.25, -0.2) is 4.98 Å². The zero-order valence-corrected chi connectivity index (χ0v) is 16.6. The number of imide groups is 1. The maximum Gasteiger partial charge on any atom is 0.227 e. The van der Waals surface area contributed by atoms with Crippen molar-refractivity contribution in [2.24, 2.45) is 0 Å². The Morgan fingerprint density at radius 3 is 2.62 bits per heavy atom. The van der Waals surface area contributed by atoms with E-state index < -0.39 is 0 Å². The van der Waals surface area contributed by atoms with E-state index in [1.807, 2.05) is 19.1 Å². The quantitative estimate of drug-likeness (QED) is 0.601. The number of hydrogen-bond acceptors (Lipinski definition) is 4. The Hall–Kier alpha value is -3.02. The first-order valence-electron chi connectivity index (χ1n) is 10.2. The number of allylic oxidation sites excluding steroid dienone is 2. The standard InChI is InChI=1S/C23H25N3O3/c1-14-13-24-23(25-14)20(27)10-17-8-7-16(18-11-21(28)26-22(29)12-18)9-19(17)15-5-3-2-4-6-15/h5,7-9,13,18H,2-4,6,10-12H2,1H3,(H,24,25)(H,26,28,29). The first-order chi connectivity index (χ1) is 14.0. The molecule has 6 nitrogen and oxygen atoms in total. The number of nitrogens with zero attached hydrogens (tertiary/aromatic N) is 1. The van der Waals surface area contributed by atoms with Crippen molar-refractivity contribution in [3.8, 4) is 0 Å². The number of rotatable bonds is 5. The lowest BCUT2D eigenvalue weighted by Crippen LogP contribution is -2.37. The first-order valence-corrected chi connectivity index (χ1v) is 10.2. The van der Waals surface area contributed by atoms with Crippen LogP contribution in [-0.4, -0.2) is 27.6 Å². The summed E-state index contributed by atoms with van der Waals surface area (Å²) in [5.74, 6) is -0.230. The number of carbonyl (C=O) groups is 3. The predicted octanol–water partition coefficient (Wildman–Crippen LogP) is 3.62. The Kier molecular flexibility index (Phi) is 5.43. The van der Waals surface area contributed by atoms with Crippen molar-refractivity contribution >= 4 is 23.2 Å². The van der Waals surface area contributed by atoms with Gasteiger partial charge in [-0.3, -0.25) is 19.7 Å². The molecular formula is C23H25N3O3. The SMILES string of the molecule is Cc1cnc(C(=O)Cc2ccc(C3CC(=O)NC(=O)C3)cc2C2=CCCCC2)[nH]1. The summed E-state index contributed by atoms with van der Waals surface area (Å²) in [6.45, 7) is 1.87. The molecule has 2 aromatic rings. The van der Waals surface area contributed by atoms with Gasteiger partial charge < -0.3 is 4.98 Å².